The molecule has 0 aliphatic heterocycles. The lowest BCUT2D eigenvalue weighted by Crippen LogP contribution is -2.13. The first-order valence-corrected chi connectivity index (χ1v) is 3.76. The Hall–Kier alpha value is -0.970. The van der Waals surface area contributed by atoms with Crippen LogP contribution in [-0.2, 0) is 11.8 Å². The van der Waals surface area contributed by atoms with Crippen molar-refractivity contribution in [1.82, 2.24) is 9.78 Å². The number of carbonyl (C=O) groups is 1. The quantitative estimate of drug-likeness (QED) is 0.628. The second-order valence-corrected chi connectivity index (χ2v) is 2.40. The zero-order chi connectivity index (χ0) is 8.27. The molecule has 11 heavy (non-hydrogen) atoms. The van der Waals surface area contributed by atoms with Crippen molar-refractivity contribution in [3.05, 3.63) is 12.3 Å². The molecule has 5 heteroatoms. The van der Waals surface area contributed by atoms with Crippen molar-refractivity contribution in [2.45, 2.75) is 0 Å². The lowest BCUT2D eigenvalue weighted by atomic mass is 10.6. The van der Waals surface area contributed by atoms with Crippen LogP contribution < -0.4 is 5.32 Å². The third-order valence-corrected chi connectivity index (χ3v) is 1.41. The minimum Gasteiger partial charge on any atom is -0.309 e. The van der Waals surface area contributed by atoms with Crippen LogP contribution in [0.3, 0.4) is 0 Å². The monoisotopic (exact) mass is 171 g/mol. The Balaban J connectivity index is 2.57. The Bertz CT molecular complexity index is 258. The van der Waals surface area contributed by atoms with Gasteiger partial charge in [0.25, 0.3) is 0 Å². The SMILES string of the molecule is Cn1ccc(NC(=O)CS)n1. The number of amides is 1. The van der Waals surface area contributed by atoms with Crippen LogP contribution in [0.5, 0.6) is 0 Å². The van der Waals surface area contributed by atoms with Gasteiger partial charge >= 0.3 is 0 Å². The fourth-order valence-electron chi connectivity index (χ4n) is 0.664. The number of carbonyl (C=O) groups excluding carboxylic acids is 1. The average molecular weight is 171 g/mol. The van der Waals surface area contributed by atoms with Crippen LogP contribution in [0, 0.1) is 0 Å². The molecule has 0 radical (unpaired) electrons. The maximum absolute atomic E-state index is 10.8. The molecule has 0 spiro atoms. The van der Waals surface area contributed by atoms with Crippen LogP contribution in [0.4, 0.5) is 5.82 Å². The highest BCUT2D eigenvalue weighted by Crippen LogP contribution is 2.00. The van der Waals surface area contributed by atoms with E-state index in [4.69, 9.17) is 0 Å². The highest BCUT2D eigenvalue weighted by atomic mass is 32.1. The van der Waals surface area contributed by atoms with E-state index in [0.29, 0.717) is 5.82 Å². The minimum atomic E-state index is -0.146. The lowest BCUT2D eigenvalue weighted by Gasteiger charge is -1.95. The van der Waals surface area contributed by atoms with Gasteiger partial charge in [0.15, 0.2) is 5.82 Å². The van der Waals surface area contributed by atoms with Gasteiger partial charge in [0.1, 0.15) is 0 Å². The summed E-state index contributed by atoms with van der Waals surface area (Å²) in [6.45, 7) is 0. The Morgan fingerprint density at radius 1 is 1.91 bits per heavy atom. The van der Waals surface area contributed by atoms with E-state index in [0.717, 1.165) is 0 Å². The second-order valence-electron chi connectivity index (χ2n) is 2.08. The Kier molecular flexibility index (Phi) is 2.53. The second kappa shape index (κ2) is 3.43. The van der Waals surface area contributed by atoms with E-state index in [1.165, 1.54) is 0 Å². The van der Waals surface area contributed by atoms with Crippen molar-refractivity contribution < 1.29 is 4.79 Å². The maximum Gasteiger partial charge on any atom is 0.235 e. The summed E-state index contributed by atoms with van der Waals surface area (Å²) in [5.74, 6) is 0.593. The molecule has 1 heterocycles. The number of thiol groups is 1. The number of rotatable bonds is 2. The van der Waals surface area contributed by atoms with Gasteiger partial charge in [-0.25, -0.2) is 0 Å². The first-order chi connectivity index (χ1) is 5.22. The number of aromatic nitrogens is 2. The Morgan fingerprint density at radius 2 is 2.64 bits per heavy atom. The smallest absolute Gasteiger partial charge is 0.235 e. The van der Waals surface area contributed by atoms with Gasteiger partial charge in [0.05, 0.1) is 5.75 Å². The lowest BCUT2D eigenvalue weighted by molar-refractivity contribution is -0.113. The summed E-state index contributed by atoms with van der Waals surface area (Å²) in [7, 11) is 1.79. The van der Waals surface area contributed by atoms with Gasteiger partial charge in [-0.2, -0.15) is 17.7 Å². The molecule has 0 aliphatic rings. The highest BCUT2D eigenvalue weighted by Gasteiger charge is 1.99. The molecule has 1 rings (SSSR count). The van der Waals surface area contributed by atoms with Crippen molar-refractivity contribution in [2.24, 2.45) is 7.05 Å². The molecule has 0 saturated heterocycles. The van der Waals surface area contributed by atoms with Crippen molar-refractivity contribution in [2.75, 3.05) is 11.1 Å². The summed E-state index contributed by atoms with van der Waals surface area (Å²) in [5.41, 5.74) is 0. The van der Waals surface area contributed by atoms with E-state index < -0.39 is 0 Å². The number of nitrogens with one attached hydrogen (secondary N) is 1. The molecular weight excluding hydrogens is 162 g/mol. The van der Waals surface area contributed by atoms with Gasteiger partial charge in [0.2, 0.25) is 5.91 Å². The summed E-state index contributed by atoms with van der Waals surface area (Å²) in [6.07, 6.45) is 1.76. The van der Waals surface area contributed by atoms with Crippen LogP contribution in [0.1, 0.15) is 0 Å². The van der Waals surface area contributed by atoms with Crippen LogP contribution in [0.15, 0.2) is 12.3 Å². The van der Waals surface area contributed by atoms with E-state index >= 15 is 0 Å². The first-order valence-electron chi connectivity index (χ1n) is 3.12. The minimum absolute atomic E-state index is 0.146. The summed E-state index contributed by atoms with van der Waals surface area (Å²) in [4.78, 5) is 10.8. The summed E-state index contributed by atoms with van der Waals surface area (Å²) in [5, 5.41) is 6.51. The molecule has 1 N–H and O–H groups in total. The van der Waals surface area contributed by atoms with E-state index in [1.807, 2.05) is 0 Å². The Morgan fingerprint density at radius 3 is 3.09 bits per heavy atom. The topological polar surface area (TPSA) is 46.9 Å². The molecule has 0 bridgehead atoms. The van der Waals surface area contributed by atoms with Crippen molar-refractivity contribution >= 4 is 24.4 Å². The van der Waals surface area contributed by atoms with Crippen LogP contribution in [-0.4, -0.2) is 21.4 Å². The zero-order valence-corrected chi connectivity index (χ0v) is 7.01. The molecule has 4 nitrogen and oxygen atoms in total. The number of aryl methyl sites for hydroxylation is 1. The normalized spacial score (nSPS) is 9.64. The standard InChI is InChI=1S/C6H9N3OS/c1-9-3-2-5(8-9)7-6(10)4-11/h2-3,11H,4H2,1H3,(H,7,8,10). The van der Waals surface area contributed by atoms with Gasteiger partial charge < -0.3 is 5.32 Å². The molecule has 60 valence electrons. The van der Waals surface area contributed by atoms with Crippen molar-refractivity contribution in [3.8, 4) is 0 Å². The third kappa shape index (κ3) is 2.27. The molecule has 0 aliphatic carbocycles. The Labute approximate surface area is 70.0 Å². The van der Waals surface area contributed by atoms with E-state index in [2.05, 4.69) is 23.0 Å². The molecule has 1 aromatic rings. The maximum atomic E-state index is 10.8. The number of nitrogens with zero attached hydrogens (tertiary/aromatic N) is 2. The molecule has 0 fully saturated rings. The molecule has 1 amide bonds. The average Bonchev–Trinajstić information content (AvgIpc) is 2.35. The third-order valence-electron chi connectivity index (χ3n) is 1.12. The van der Waals surface area contributed by atoms with Crippen LogP contribution in [0.2, 0.25) is 0 Å². The predicted molar refractivity (Wildman–Crippen MR) is 45.7 cm³/mol. The van der Waals surface area contributed by atoms with Gasteiger partial charge in [-0.05, 0) is 0 Å². The molecule has 1 aromatic heterocycles. The number of anilines is 1. The summed E-state index contributed by atoms with van der Waals surface area (Å²) < 4.78 is 1.62. The number of hydrogen-bond donors (Lipinski definition) is 2. The molecular formula is C6H9N3OS. The van der Waals surface area contributed by atoms with Crippen molar-refractivity contribution in [1.29, 1.82) is 0 Å². The predicted octanol–water partition coefficient (Wildman–Crippen LogP) is 0.288. The fourth-order valence-corrected chi connectivity index (χ4v) is 0.743. The zero-order valence-electron chi connectivity index (χ0n) is 6.11. The van der Waals surface area contributed by atoms with E-state index in [-0.39, 0.29) is 11.7 Å². The summed E-state index contributed by atoms with van der Waals surface area (Å²) in [6, 6.07) is 1.72. The largest absolute Gasteiger partial charge is 0.309 e. The molecule has 0 saturated carbocycles. The van der Waals surface area contributed by atoms with Crippen LogP contribution in [0.25, 0.3) is 0 Å². The van der Waals surface area contributed by atoms with E-state index in [9.17, 15) is 4.79 Å². The summed E-state index contributed by atoms with van der Waals surface area (Å²) >= 11 is 3.81. The van der Waals surface area contributed by atoms with Gasteiger partial charge in [-0.15, -0.1) is 0 Å². The van der Waals surface area contributed by atoms with Gasteiger partial charge in [-0.3, -0.25) is 9.48 Å². The number of hydrogen-bond acceptors (Lipinski definition) is 3. The van der Waals surface area contributed by atoms with Gasteiger partial charge in [0, 0.05) is 19.3 Å². The van der Waals surface area contributed by atoms with E-state index in [1.54, 1.807) is 24.0 Å². The molecule has 0 atom stereocenters. The fraction of sp³-hybridized carbons (Fsp3) is 0.333. The molecule has 0 unspecified atom stereocenters. The van der Waals surface area contributed by atoms with Gasteiger partial charge in [-0.1, -0.05) is 0 Å². The highest BCUT2D eigenvalue weighted by molar-refractivity contribution is 7.81. The first kappa shape index (κ1) is 8.13. The van der Waals surface area contributed by atoms with Crippen molar-refractivity contribution in [3.63, 3.8) is 0 Å². The molecule has 0 aromatic carbocycles. The van der Waals surface area contributed by atoms with Crippen LogP contribution >= 0.6 is 12.6 Å².